The molecule has 0 fully saturated rings. The number of ether oxygens (including phenoxy) is 4. The number of methoxy groups -OCH3 is 4. The van der Waals surface area contributed by atoms with Gasteiger partial charge >= 0.3 is 232 Å². The molecule has 0 N–H and O–H groups in total. The molecule has 1 aromatic rings. The summed E-state index contributed by atoms with van der Waals surface area (Å²) >= 11 is 4.57. The van der Waals surface area contributed by atoms with E-state index in [1.807, 2.05) is 31.1 Å². The van der Waals surface area contributed by atoms with Crippen LogP contribution in [0.3, 0.4) is 0 Å². The summed E-state index contributed by atoms with van der Waals surface area (Å²) in [5.41, 5.74) is 1.88. The van der Waals surface area contributed by atoms with Crippen LogP contribution in [0.4, 0.5) is 5.69 Å². The first-order valence-electron chi connectivity index (χ1n) is 9.90. The van der Waals surface area contributed by atoms with Crippen molar-refractivity contribution >= 4 is 103 Å². The maximum absolute atomic E-state index is 12.2. The number of anilines is 1. The Morgan fingerprint density at radius 1 is 0.694 bits per heavy atom. The molecule has 0 atom stereocenters. The summed E-state index contributed by atoms with van der Waals surface area (Å²) in [6, 6.07) is 0. The van der Waals surface area contributed by atoms with Crippen molar-refractivity contribution in [2.45, 2.75) is 0 Å². The van der Waals surface area contributed by atoms with Crippen LogP contribution in [0.5, 0.6) is 0 Å². The monoisotopic (exact) mass is 635 g/mol. The molecule has 0 amide bonds. The molecule has 1 aromatic heterocycles. The zero-order valence-corrected chi connectivity index (χ0v) is 25.0. The van der Waals surface area contributed by atoms with Crippen LogP contribution in [0.1, 0.15) is 10.0 Å². The Balaban J connectivity index is 1.99. The molecule has 0 saturated carbocycles. The summed E-state index contributed by atoms with van der Waals surface area (Å²) in [4.78, 5) is 53.7. The van der Waals surface area contributed by atoms with Gasteiger partial charge in [0.25, 0.3) is 0 Å². The van der Waals surface area contributed by atoms with Crippen molar-refractivity contribution in [1.29, 1.82) is 0 Å². The molecule has 0 spiro atoms. The Labute approximate surface area is 230 Å². The third-order valence-electron chi connectivity index (χ3n) is 4.54. The fourth-order valence-corrected chi connectivity index (χ4v) is 10.1. The fraction of sp³-hybridized carbons (Fsp3) is 0.273. The SMILES string of the molecule is COC(=O)C1=C(C(=O)OC)SC(=Cc2[se]cc(N(C)C)c2C=C2SC(C(=O)OC)=C(C(=O)OC)S2)S1. The van der Waals surface area contributed by atoms with Gasteiger partial charge < -0.3 is 0 Å². The minimum absolute atomic E-state index is 0.0444. The van der Waals surface area contributed by atoms with Gasteiger partial charge in [-0.3, -0.25) is 0 Å². The molecule has 3 heterocycles. The Morgan fingerprint density at radius 3 is 1.39 bits per heavy atom. The van der Waals surface area contributed by atoms with Crippen LogP contribution < -0.4 is 4.90 Å². The predicted molar refractivity (Wildman–Crippen MR) is 146 cm³/mol. The van der Waals surface area contributed by atoms with Crippen LogP contribution >= 0.6 is 47.0 Å². The van der Waals surface area contributed by atoms with Crippen molar-refractivity contribution < 1.29 is 38.1 Å². The van der Waals surface area contributed by atoms with E-state index < -0.39 is 23.9 Å². The average molecular weight is 635 g/mol. The van der Waals surface area contributed by atoms with E-state index in [4.69, 9.17) is 18.9 Å². The van der Waals surface area contributed by atoms with E-state index in [2.05, 4.69) is 4.94 Å². The maximum atomic E-state index is 12.2. The Bertz CT molecular complexity index is 1180. The van der Waals surface area contributed by atoms with Crippen LogP contribution in [0.25, 0.3) is 12.2 Å². The van der Waals surface area contributed by atoms with Gasteiger partial charge in [-0.1, -0.05) is 0 Å². The van der Waals surface area contributed by atoms with Crippen LogP contribution in [0.15, 0.2) is 33.0 Å². The first-order chi connectivity index (χ1) is 17.1. The van der Waals surface area contributed by atoms with Crippen molar-refractivity contribution in [3.8, 4) is 0 Å². The second-order valence-electron chi connectivity index (χ2n) is 6.91. The third-order valence-corrected chi connectivity index (χ3v) is 11.3. The molecule has 3 rings (SSSR count). The number of rotatable bonds is 7. The number of carbonyl (C=O) groups is 4. The molecule has 0 saturated heterocycles. The minimum atomic E-state index is -0.609. The first kappa shape index (κ1) is 28.6. The number of carbonyl (C=O) groups excluding carboxylic acids is 4. The van der Waals surface area contributed by atoms with Gasteiger partial charge in [0.05, 0.1) is 0 Å². The summed E-state index contributed by atoms with van der Waals surface area (Å²) in [5.74, 6) is -2.43. The number of esters is 4. The summed E-state index contributed by atoms with van der Waals surface area (Å²) in [7, 11) is 8.88. The van der Waals surface area contributed by atoms with Crippen molar-refractivity contribution in [3.05, 3.63) is 43.0 Å². The average Bonchev–Trinajstić information content (AvgIpc) is 3.60. The van der Waals surface area contributed by atoms with Crippen LogP contribution in [0, 0.1) is 0 Å². The van der Waals surface area contributed by atoms with Crippen molar-refractivity contribution in [3.63, 3.8) is 0 Å². The van der Waals surface area contributed by atoms with Crippen LogP contribution in [-0.4, -0.2) is 80.9 Å². The van der Waals surface area contributed by atoms with Gasteiger partial charge in [-0.25, -0.2) is 0 Å². The Hall–Kier alpha value is -1.96. The van der Waals surface area contributed by atoms with E-state index in [1.165, 1.54) is 28.4 Å². The quantitative estimate of drug-likeness (QED) is 0.248. The van der Waals surface area contributed by atoms with Crippen molar-refractivity contribution in [1.82, 2.24) is 0 Å². The molecular formula is C22H21NO8S4Se. The summed E-state index contributed by atoms with van der Waals surface area (Å²) in [6.07, 6.45) is 3.86. The summed E-state index contributed by atoms with van der Waals surface area (Å²) in [6.45, 7) is 0. The molecule has 2 aliphatic heterocycles. The standard InChI is InChI=1S/C22H21NO8S4Se/c1-23(2)11-9-36-12(8-14-34-17(21(26)30-5)18(35-14)22(27)31-6)10(11)7-13-32-15(19(24)28-3)16(33-13)20(25)29-4/h7-9H,1-6H3. The molecule has 0 radical (unpaired) electrons. The molecule has 192 valence electrons. The van der Waals surface area contributed by atoms with E-state index in [0.29, 0.717) is 4.24 Å². The molecule has 0 unspecified atom stereocenters. The van der Waals surface area contributed by atoms with E-state index in [0.717, 1.165) is 67.0 Å². The zero-order chi connectivity index (χ0) is 26.6. The zero-order valence-electron chi connectivity index (χ0n) is 20.0. The van der Waals surface area contributed by atoms with E-state index in [-0.39, 0.29) is 34.1 Å². The normalized spacial score (nSPS) is 15.2. The summed E-state index contributed by atoms with van der Waals surface area (Å²) in [5, 5.41) is 0. The summed E-state index contributed by atoms with van der Waals surface area (Å²) < 4.78 is 21.8. The second-order valence-corrected chi connectivity index (χ2v) is 13.5. The molecule has 14 heteroatoms. The number of hydrogen-bond donors (Lipinski definition) is 0. The molecule has 9 nitrogen and oxygen atoms in total. The van der Waals surface area contributed by atoms with Gasteiger partial charge in [0, 0.05) is 0 Å². The fourth-order valence-electron chi connectivity index (χ4n) is 2.86. The molecule has 2 aliphatic rings. The molecule has 36 heavy (non-hydrogen) atoms. The molecular weight excluding hydrogens is 613 g/mol. The van der Waals surface area contributed by atoms with Crippen LogP contribution in [-0.2, 0) is 38.1 Å². The molecule has 0 aromatic carbocycles. The van der Waals surface area contributed by atoms with Crippen molar-refractivity contribution in [2.75, 3.05) is 47.4 Å². The number of thioether (sulfide) groups is 4. The Kier molecular flexibility index (Phi) is 9.95. The predicted octanol–water partition coefficient (Wildman–Crippen LogP) is 3.48. The van der Waals surface area contributed by atoms with Gasteiger partial charge in [0.15, 0.2) is 0 Å². The van der Waals surface area contributed by atoms with Gasteiger partial charge in [-0.05, 0) is 0 Å². The number of nitrogens with zero attached hydrogens (tertiary/aromatic N) is 1. The van der Waals surface area contributed by atoms with Gasteiger partial charge in [-0.15, -0.1) is 0 Å². The van der Waals surface area contributed by atoms with Gasteiger partial charge in [0.1, 0.15) is 0 Å². The van der Waals surface area contributed by atoms with E-state index >= 15 is 0 Å². The first-order valence-corrected chi connectivity index (χ1v) is 15.0. The van der Waals surface area contributed by atoms with Crippen molar-refractivity contribution in [2.24, 2.45) is 0 Å². The molecule has 0 bridgehead atoms. The van der Waals surface area contributed by atoms with Gasteiger partial charge in [0.2, 0.25) is 0 Å². The van der Waals surface area contributed by atoms with E-state index in [9.17, 15) is 19.2 Å². The van der Waals surface area contributed by atoms with Gasteiger partial charge in [-0.2, -0.15) is 0 Å². The third kappa shape index (κ3) is 6.12. The topological polar surface area (TPSA) is 108 Å². The van der Waals surface area contributed by atoms with E-state index in [1.54, 1.807) is 0 Å². The molecule has 0 aliphatic carbocycles. The van der Waals surface area contributed by atoms with Crippen LogP contribution in [0.2, 0.25) is 0 Å². The number of hydrogen-bond acceptors (Lipinski definition) is 13. The Morgan fingerprint density at radius 2 is 1.06 bits per heavy atom. The second kappa shape index (κ2) is 12.5.